The fourth-order valence-corrected chi connectivity index (χ4v) is 11.6. The van der Waals surface area contributed by atoms with Crippen LogP contribution < -0.4 is 25.8 Å². The van der Waals surface area contributed by atoms with Crippen molar-refractivity contribution in [2.45, 2.75) is 95.4 Å². The quantitative estimate of drug-likeness (QED) is 0.171. The molecule has 16 nitrogen and oxygen atoms in total. The van der Waals surface area contributed by atoms with Crippen LogP contribution in [-0.2, 0) is 22.5 Å². The molecule has 6 aliphatic rings. The number of hydrogen-bond donors (Lipinski definition) is 3. The van der Waals surface area contributed by atoms with Crippen LogP contribution in [0.25, 0.3) is 5.65 Å². The second-order valence-corrected chi connectivity index (χ2v) is 19.7. The smallest absolute Gasteiger partial charge is 0.328 e. The summed E-state index contributed by atoms with van der Waals surface area (Å²) < 4.78 is 39.6. The van der Waals surface area contributed by atoms with Gasteiger partial charge in [0.15, 0.2) is 17.2 Å². The predicted octanol–water partition coefficient (Wildman–Crippen LogP) is 6.01. The van der Waals surface area contributed by atoms with Gasteiger partial charge in [0.05, 0.1) is 42.3 Å². The molecule has 5 fully saturated rings. The van der Waals surface area contributed by atoms with Gasteiger partial charge >= 0.3 is 6.03 Å². The van der Waals surface area contributed by atoms with Gasteiger partial charge in [0.2, 0.25) is 5.91 Å². The molecule has 2 aromatic carbocycles. The second-order valence-electron chi connectivity index (χ2n) is 19.3. The van der Waals surface area contributed by atoms with Crippen molar-refractivity contribution in [1.29, 1.82) is 0 Å². The molecule has 2 aromatic heterocycles. The van der Waals surface area contributed by atoms with Crippen LogP contribution in [0.5, 0.6) is 0 Å². The highest BCUT2D eigenvalue weighted by atomic mass is 35.5. The number of ether oxygens (including phenoxy) is 1. The van der Waals surface area contributed by atoms with Crippen LogP contribution in [-0.4, -0.2) is 144 Å². The number of aromatic nitrogens is 3. The Kier molecular flexibility index (Phi) is 12.1. The maximum absolute atomic E-state index is 16.3. The average molecular weight is 943 g/mol. The molecule has 10 rings (SSSR count). The van der Waals surface area contributed by atoms with Gasteiger partial charge in [-0.25, -0.2) is 23.1 Å². The molecule has 0 radical (unpaired) electrons. The molecule has 4 saturated heterocycles. The van der Waals surface area contributed by atoms with Crippen LogP contribution in [0.1, 0.15) is 88.9 Å². The summed E-state index contributed by atoms with van der Waals surface area (Å²) in [6.07, 6.45) is 7.77. The molecule has 1 aliphatic carbocycles. The number of carbonyl (C=O) groups excluding carboxylic acids is 4. The number of methoxy groups -OCH3 is 1. The van der Waals surface area contributed by atoms with Crippen molar-refractivity contribution in [2.75, 3.05) is 81.6 Å². The zero-order valence-electron chi connectivity index (χ0n) is 38.3. The monoisotopic (exact) mass is 941 g/mol. The Morgan fingerprint density at radius 1 is 0.940 bits per heavy atom. The number of alkyl halides is 2. The highest BCUT2D eigenvalue weighted by Crippen LogP contribution is 2.45. The van der Waals surface area contributed by atoms with Crippen LogP contribution in [0.4, 0.5) is 36.5 Å². The van der Waals surface area contributed by atoms with Crippen molar-refractivity contribution in [3.8, 4) is 0 Å². The number of imidazole rings is 1. The minimum Gasteiger partial charge on any atom is -0.385 e. The Hall–Kier alpha value is -5.43. The summed E-state index contributed by atoms with van der Waals surface area (Å²) in [6.45, 7) is 5.63. The lowest BCUT2D eigenvalue weighted by Crippen LogP contribution is -2.60. The lowest BCUT2D eigenvalue weighted by Gasteiger charge is -2.51. The van der Waals surface area contributed by atoms with E-state index in [1.54, 1.807) is 36.9 Å². The van der Waals surface area contributed by atoms with Crippen LogP contribution in [0.15, 0.2) is 42.6 Å². The minimum atomic E-state index is -2.89. The zero-order valence-corrected chi connectivity index (χ0v) is 39.0. The van der Waals surface area contributed by atoms with E-state index in [4.69, 9.17) is 21.4 Å². The Balaban J connectivity index is 0.750. The SMILES string of the molecule is CNc1cc(N2CCc3c(CN4CC[C@H](N5CCC6(CCN(C(=O)c7cc(Cl)c(C)c(N8CCC(=O)NC8=O)c7)CC6)CC5)C(F)(F)C4)cccc32)nn2c(C(=O)N[C@@H]3CC[C@H]3OC)cnc12. The lowest BCUT2D eigenvalue weighted by atomic mass is 9.70. The number of amides is 5. The number of anilines is 4. The molecule has 0 bridgehead atoms. The Bertz CT molecular complexity index is 2610. The number of nitrogens with zero attached hydrogens (tertiary/aromatic N) is 8. The van der Waals surface area contributed by atoms with Gasteiger partial charge in [0.25, 0.3) is 17.7 Å². The van der Waals surface area contributed by atoms with E-state index in [0.717, 1.165) is 67.4 Å². The van der Waals surface area contributed by atoms with Crippen LogP contribution in [0.2, 0.25) is 5.02 Å². The topological polar surface area (TPSA) is 160 Å². The number of benzene rings is 2. The number of nitrogens with one attached hydrogen (secondary N) is 3. The number of piperidine rings is 3. The first-order valence-corrected chi connectivity index (χ1v) is 24.0. The van der Waals surface area contributed by atoms with Gasteiger partial charge in [-0.05, 0) is 112 Å². The first kappa shape index (κ1) is 45.4. The molecule has 3 N–H and O–H groups in total. The van der Waals surface area contributed by atoms with E-state index in [0.29, 0.717) is 91.2 Å². The predicted molar refractivity (Wildman–Crippen MR) is 250 cm³/mol. The van der Waals surface area contributed by atoms with Gasteiger partial charge in [-0.15, -0.1) is 5.10 Å². The van der Waals surface area contributed by atoms with E-state index in [1.165, 1.54) is 4.90 Å². The average Bonchev–Trinajstić information content (AvgIpc) is 3.95. The summed E-state index contributed by atoms with van der Waals surface area (Å²) in [4.78, 5) is 65.4. The molecule has 356 valence electrons. The molecule has 4 aromatic rings. The first-order chi connectivity index (χ1) is 32.2. The Labute approximate surface area is 393 Å². The molecule has 1 saturated carbocycles. The minimum absolute atomic E-state index is 0.00524. The van der Waals surface area contributed by atoms with E-state index >= 15 is 8.78 Å². The van der Waals surface area contributed by atoms with Gasteiger partial charge in [0, 0.05) is 82.2 Å². The standard InChI is InChI=1S/C48H58ClF2N11O5/c1-29-33(49)23-31(24-37(29)61-18-11-42(63)55-46(61)66)45(65)59-21-14-47(15-22-59)12-19-58(20-13-47)40-10-16-57(28-48(40,50)51)27-30-5-4-6-36-32(30)9-17-60(36)41-25-35(52-2)43-53-26-38(62(43)56-41)44(64)54-34-7-8-39(34)67-3/h4-6,23-26,34,39-40,52H,7-22,27-28H2,1-3H3,(H,54,64)(H,55,63,66)/t34-,39-,40+/m1/s1. The van der Waals surface area contributed by atoms with Crippen molar-refractivity contribution in [3.63, 3.8) is 0 Å². The summed E-state index contributed by atoms with van der Waals surface area (Å²) in [5, 5.41) is 13.9. The number of likely N-dealkylation sites (tertiary alicyclic amines) is 3. The number of imide groups is 1. The van der Waals surface area contributed by atoms with Crippen LogP contribution in [0, 0.1) is 12.3 Å². The number of urea groups is 1. The van der Waals surface area contributed by atoms with Crippen molar-refractivity contribution in [1.82, 2.24) is 39.9 Å². The van der Waals surface area contributed by atoms with Crippen molar-refractivity contribution < 1.29 is 32.7 Å². The Morgan fingerprint density at radius 2 is 1.70 bits per heavy atom. The van der Waals surface area contributed by atoms with Crippen molar-refractivity contribution >= 4 is 63.9 Å². The second kappa shape index (κ2) is 17.9. The molecule has 7 heterocycles. The lowest BCUT2D eigenvalue weighted by molar-refractivity contribution is -0.139. The van der Waals surface area contributed by atoms with Crippen molar-refractivity contribution in [2.24, 2.45) is 5.41 Å². The maximum Gasteiger partial charge on any atom is 0.328 e. The fraction of sp³-hybridized carbons (Fsp3) is 0.542. The number of hydrogen-bond acceptors (Lipinski definition) is 11. The van der Waals surface area contributed by atoms with E-state index in [9.17, 15) is 19.2 Å². The normalized spacial score (nSPS) is 24.1. The zero-order chi connectivity index (χ0) is 46.8. The van der Waals surface area contributed by atoms with Gasteiger partial charge in [-0.3, -0.25) is 34.4 Å². The molecule has 19 heteroatoms. The third-order valence-electron chi connectivity index (χ3n) is 15.5. The largest absolute Gasteiger partial charge is 0.385 e. The van der Waals surface area contributed by atoms with E-state index in [2.05, 4.69) is 25.8 Å². The van der Waals surface area contributed by atoms with Gasteiger partial charge in [-0.1, -0.05) is 23.7 Å². The fourth-order valence-electron chi connectivity index (χ4n) is 11.3. The molecular formula is C48H58ClF2N11O5. The molecule has 5 amide bonds. The maximum atomic E-state index is 16.3. The van der Waals surface area contributed by atoms with Crippen LogP contribution >= 0.6 is 11.6 Å². The number of halogens is 3. The molecule has 67 heavy (non-hydrogen) atoms. The summed E-state index contributed by atoms with van der Waals surface area (Å²) in [6, 6.07) is 9.91. The van der Waals surface area contributed by atoms with Gasteiger partial charge in [-0.2, -0.15) is 0 Å². The Morgan fingerprint density at radius 3 is 2.40 bits per heavy atom. The van der Waals surface area contributed by atoms with Gasteiger partial charge in [0.1, 0.15) is 0 Å². The molecule has 1 spiro atoms. The van der Waals surface area contributed by atoms with Crippen molar-refractivity contribution in [3.05, 3.63) is 75.6 Å². The molecule has 3 atom stereocenters. The molecule has 5 aliphatic heterocycles. The van der Waals surface area contributed by atoms with E-state index in [1.807, 2.05) is 46.0 Å². The summed E-state index contributed by atoms with van der Waals surface area (Å²) >= 11 is 6.57. The number of carbonyl (C=O) groups is 4. The van der Waals surface area contributed by atoms with E-state index in [-0.39, 0.29) is 54.8 Å². The van der Waals surface area contributed by atoms with Crippen LogP contribution in [0.3, 0.4) is 0 Å². The first-order valence-electron chi connectivity index (χ1n) is 23.6. The highest BCUT2D eigenvalue weighted by molar-refractivity contribution is 6.32. The third-order valence-corrected chi connectivity index (χ3v) is 15.9. The molecular weight excluding hydrogens is 884 g/mol. The summed E-state index contributed by atoms with van der Waals surface area (Å²) in [5.41, 5.74) is 6.27. The number of fused-ring (bicyclic) bond motifs is 2. The van der Waals surface area contributed by atoms with E-state index < -0.39 is 18.0 Å². The highest BCUT2D eigenvalue weighted by Gasteiger charge is 2.50. The number of rotatable bonds is 10. The summed E-state index contributed by atoms with van der Waals surface area (Å²) in [7, 11) is 3.46. The van der Waals surface area contributed by atoms with Gasteiger partial charge < -0.3 is 25.2 Å². The third kappa shape index (κ3) is 8.48. The summed E-state index contributed by atoms with van der Waals surface area (Å²) in [5.74, 6) is -3.00. The molecule has 0 unspecified atom stereocenters.